The van der Waals surface area contributed by atoms with Crippen LogP contribution < -0.4 is 4.90 Å². The van der Waals surface area contributed by atoms with Crippen LogP contribution in [-0.4, -0.2) is 17.1 Å². The molecule has 1 aromatic carbocycles. The van der Waals surface area contributed by atoms with Crippen LogP contribution >= 0.6 is 0 Å². The molecule has 1 atom stereocenters. The summed E-state index contributed by atoms with van der Waals surface area (Å²) in [6.45, 7) is 2.11. The van der Waals surface area contributed by atoms with Crippen molar-refractivity contribution in [2.45, 2.75) is 32.4 Å². The molecule has 0 radical (unpaired) electrons. The van der Waals surface area contributed by atoms with Crippen LogP contribution in [0.25, 0.3) is 0 Å². The number of aliphatic hydroxyl groups excluding tert-OH is 1. The van der Waals surface area contributed by atoms with Crippen LogP contribution in [0, 0.1) is 0 Å². The zero-order valence-corrected chi connectivity index (χ0v) is 8.81. The predicted molar refractivity (Wildman–Crippen MR) is 58.5 cm³/mol. The Bertz CT molecular complexity index is 358. The van der Waals surface area contributed by atoms with Crippen LogP contribution in [0.5, 0.6) is 0 Å². The van der Waals surface area contributed by atoms with Gasteiger partial charge in [-0.3, -0.25) is 4.79 Å². The van der Waals surface area contributed by atoms with E-state index in [1.165, 1.54) is 0 Å². The van der Waals surface area contributed by atoms with E-state index in [2.05, 4.69) is 6.92 Å². The first-order valence-electron chi connectivity index (χ1n) is 5.24. The SMILES string of the molecule is C[C@H]1CCC(=O)N1c1ccc(CO)cc1. The molecule has 1 aromatic rings. The summed E-state index contributed by atoms with van der Waals surface area (Å²) in [6.07, 6.45) is 1.57. The second-order valence-corrected chi connectivity index (χ2v) is 3.98. The fourth-order valence-electron chi connectivity index (χ4n) is 1.99. The summed E-state index contributed by atoms with van der Waals surface area (Å²) in [7, 11) is 0. The van der Waals surface area contributed by atoms with Gasteiger partial charge in [-0.25, -0.2) is 0 Å². The van der Waals surface area contributed by atoms with Crippen molar-refractivity contribution in [3.05, 3.63) is 29.8 Å². The van der Waals surface area contributed by atoms with E-state index in [1.54, 1.807) is 0 Å². The van der Waals surface area contributed by atoms with E-state index in [-0.39, 0.29) is 18.6 Å². The molecule has 1 aliphatic heterocycles. The third-order valence-corrected chi connectivity index (χ3v) is 2.88. The number of amides is 1. The maximum absolute atomic E-state index is 11.6. The number of hydrogen-bond donors (Lipinski definition) is 1. The van der Waals surface area contributed by atoms with Crippen molar-refractivity contribution in [1.29, 1.82) is 0 Å². The molecular weight excluding hydrogens is 190 g/mol. The second-order valence-electron chi connectivity index (χ2n) is 3.98. The number of hydrogen-bond acceptors (Lipinski definition) is 2. The molecular formula is C12H15NO2. The van der Waals surface area contributed by atoms with Crippen LogP contribution in [-0.2, 0) is 11.4 Å². The Morgan fingerprint density at radius 2 is 2.07 bits per heavy atom. The number of carbonyl (C=O) groups excluding carboxylic acids is 1. The minimum absolute atomic E-state index is 0.0454. The van der Waals surface area contributed by atoms with Gasteiger partial charge in [0.15, 0.2) is 0 Å². The minimum Gasteiger partial charge on any atom is -0.392 e. The zero-order chi connectivity index (χ0) is 10.8. The summed E-state index contributed by atoms with van der Waals surface area (Å²) >= 11 is 0. The molecule has 0 saturated carbocycles. The highest BCUT2D eigenvalue weighted by molar-refractivity contribution is 5.96. The Morgan fingerprint density at radius 3 is 2.53 bits per heavy atom. The van der Waals surface area contributed by atoms with E-state index in [1.807, 2.05) is 29.2 Å². The molecule has 1 fully saturated rings. The van der Waals surface area contributed by atoms with Crippen LogP contribution in [0.4, 0.5) is 5.69 Å². The first kappa shape index (κ1) is 10.2. The van der Waals surface area contributed by atoms with Crippen molar-refractivity contribution < 1.29 is 9.90 Å². The lowest BCUT2D eigenvalue weighted by molar-refractivity contribution is -0.117. The van der Waals surface area contributed by atoms with Gasteiger partial charge in [-0.2, -0.15) is 0 Å². The average molecular weight is 205 g/mol. The minimum atomic E-state index is 0.0454. The Kier molecular flexibility index (Phi) is 2.73. The van der Waals surface area contributed by atoms with Gasteiger partial charge in [0.1, 0.15) is 0 Å². The molecule has 3 heteroatoms. The Morgan fingerprint density at radius 1 is 1.40 bits per heavy atom. The quantitative estimate of drug-likeness (QED) is 0.798. The van der Waals surface area contributed by atoms with E-state index in [4.69, 9.17) is 5.11 Å². The molecule has 0 bridgehead atoms. The van der Waals surface area contributed by atoms with E-state index in [9.17, 15) is 4.79 Å². The van der Waals surface area contributed by atoms with Crippen LogP contribution in [0.1, 0.15) is 25.3 Å². The lowest BCUT2D eigenvalue weighted by Crippen LogP contribution is -2.30. The normalized spacial score (nSPS) is 21.1. The molecule has 15 heavy (non-hydrogen) atoms. The van der Waals surface area contributed by atoms with Crippen molar-refractivity contribution in [2.24, 2.45) is 0 Å². The monoisotopic (exact) mass is 205 g/mol. The first-order chi connectivity index (χ1) is 7.22. The van der Waals surface area contributed by atoms with Crippen molar-refractivity contribution in [2.75, 3.05) is 4.90 Å². The van der Waals surface area contributed by atoms with Crippen molar-refractivity contribution in [1.82, 2.24) is 0 Å². The molecule has 2 rings (SSSR count). The number of rotatable bonds is 2. The van der Waals surface area contributed by atoms with Crippen molar-refractivity contribution in [3.63, 3.8) is 0 Å². The van der Waals surface area contributed by atoms with Gasteiger partial charge in [0.25, 0.3) is 0 Å². The fraction of sp³-hybridized carbons (Fsp3) is 0.417. The van der Waals surface area contributed by atoms with Gasteiger partial charge in [-0.1, -0.05) is 12.1 Å². The lowest BCUT2D eigenvalue weighted by Gasteiger charge is -2.21. The van der Waals surface area contributed by atoms with Crippen LogP contribution in [0.15, 0.2) is 24.3 Å². The van der Waals surface area contributed by atoms with Gasteiger partial charge in [-0.15, -0.1) is 0 Å². The van der Waals surface area contributed by atoms with E-state index >= 15 is 0 Å². The summed E-state index contributed by atoms with van der Waals surface area (Å²) in [5.41, 5.74) is 1.81. The summed E-state index contributed by atoms with van der Waals surface area (Å²) in [5.74, 6) is 0.194. The maximum atomic E-state index is 11.6. The topological polar surface area (TPSA) is 40.5 Å². The molecule has 1 heterocycles. The zero-order valence-electron chi connectivity index (χ0n) is 8.81. The molecule has 0 unspecified atom stereocenters. The molecule has 0 aromatic heterocycles. The lowest BCUT2D eigenvalue weighted by atomic mass is 10.2. The summed E-state index contributed by atoms with van der Waals surface area (Å²) < 4.78 is 0. The Labute approximate surface area is 89.3 Å². The standard InChI is InChI=1S/C12H15NO2/c1-9-2-7-12(15)13(9)11-5-3-10(8-14)4-6-11/h3-6,9,14H,2,7-8H2,1H3/t9-/m0/s1. The molecule has 0 spiro atoms. The number of nitrogens with zero attached hydrogens (tertiary/aromatic N) is 1. The summed E-state index contributed by atoms with van der Waals surface area (Å²) in [4.78, 5) is 13.5. The molecule has 1 saturated heterocycles. The molecule has 1 amide bonds. The van der Waals surface area contributed by atoms with E-state index < -0.39 is 0 Å². The number of carbonyl (C=O) groups is 1. The third kappa shape index (κ3) is 1.88. The summed E-state index contributed by atoms with van der Waals surface area (Å²) in [5, 5.41) is 8.92. The maximum Gasteiger partial charge on any atom is 0.227 e. The molecule has 1 aliphatic rings. The number of benzene rings is 1. The largest absolute Gasteiger partial charge is 0.392 e. The Balaban J connectivity index is 2.25. The van der Waals surface area contributed by atoms with Gasteiger partial charge < -0.3 is 10.0 Å². The number of anilines is 1. The van der Waals surface area contributed by atoms with E-state index in [0.717, 1.165) is 17.7 Å². The van der Waals surface area contributed by atoms with Gasteiger partial charge in [0, 0.05) is 18.2 Å². The van der Waals surface area contributed by atoms with Crippen LogP contribution in [0.2, 0.25) is 0 Å². The highest BCUT2D eigenvalue weighted by atomic mass is 16.3. The van der Waals surface area contributed by atoms with Crippen LogP contribution in [0.3, 0.4) is 0 Å². The predicted octanol–water partition coefficient (Wildman–Crippen LogP) is 1.69. The smallest absolute Gasteiger partial charge is 0.227 e. The average Bonchev–Trinajstić information content (AvgIpc) is 2.59. The van der Waals surface area contributed by atoms with E-state index in [0.29, 0.717) is 6.42 Å². The third-order valence-electron chi connectivity index (χ3n) is 2.88. The highest BCUT2D eigenvalue weighted by Gasteiger charge is 2.28. The van der Waals surface area contributed by atoms with Gasteiger partial charge in [0.2, 0.25) is 5.91 Å². The Hall–Kier alpha value is -1.35. The molecule has 0 aliphatic carbocycles. The fourth-order valence-corrected chi connectivity index (χ4v) is 1.99. The van der Waals surface area contributed by atoms with Gasteiger partial charge in [-0.05, 0) is 31.0 Å². The van der Waals surface area contributed by atoms with Gasteiger partial charge >= 0.3 is 0 Å². The van der Waals surface area contributed by atoms with Crippen molar-refractivity contribution >= 4 is 11.6 Å². The number of aliphatic hydroxyl groups is 1. The highest BCUT2D eigenvalue weighted by Crippen LogP contribution is 2.26. The molecule has 80 valence electrons. The molecule has 3 nitrogen and oxygen atoms in total. The summed E-state index contributed by atoms with van der Waals surface area (Å²) in [6, 6.07) is 7.79. The molecule has 1 N–H and O–H groups in total. The van der Waals surface area contributed by atoms with Gasteiger partial charge in [0.05, 0.1) is 6.61 Å². The first-order valence-corrected chi connectivity index (χ1v) is 5.24. The van der Waals surface area contributed by atoms with Crippen molar-refractivity contribution in [3.8, 4) is 0 Å². The second kappa shape index (κ2) is 4.03.